The Morgan fingerprint density at radius 3 is 2.59 bits per heavy atom. The van der Waals surface area contributed by atoms with E-state index < -0.39 is 0 Å². The molecule has 4 heteroatoms. The van der Waals surface area contributed by atoms with Crippen molar-refractivity contribution in [3.63, 3.8) is 0 Å². The molecule has 1 aliphatic rings. The van der Waals surface area contributed by atoms with E-state index in [0.29, 0.717) is 6.42 Å². The number of likely N-dealkylation sites (tertiary alicyclic amines) is 1. The maximum atomic E-state index is 11.1. The van der Waals surface area contributed by atoms with Crippen LogP contribution < -0.4 is 0 Å². The number of ether oxygens (including phenoxy) is 1. The summed E-state index contributed by atoms with van der Waals surface area (Å²) >= 11 is 0. The lowest BCUT2D eigenvalue weighted by molar-refractivity contribution is -0.140. The Balaban J connectivity index is 2.06. The molecule has 0 spiro atoms. The number of hydrogen-bond acceptors (Lipinski definition) is 4. The highest BCUT2D eigenvalue weighted by molar-refractivity contribution is 5.69. The first kappa shape index (κ1) is 14.5. The predicted molar refractivity (Wildman–Crippen MR) is 69.0 cm³/mol. The third-order valence-electron chi connectivity index (χ3n) is 3.45. The van der Waals surface area contributed by atoms with Gasteiger partial charge in [-0.25, -0.2) is 0 Å². The third-order valence-corrected chi connectivity index (χ3v) is 3.45. The van der Waals surface area contributed by atoms with Gasteiger partial charge in [0.15, 0.2) is 0 Å². The summed E-state index contributed by atoms with van der Waals surface area (Å²) in [5.41, 5.74) is 0. The Labute approximate surface area is 105 Å². The zero-order chi connectivity index (χ0) is 12.5. The minimum Gasteiger partial charge on any atom is -0.469 e. The molecule has 0 aromatic heterocycles. The second kappa shape index (κ2) is 8.48. The molecule has 0 aromatic carbocycles. The van der Waals surface area contributed by atoms with Crippen LogP contribution in [0.3, 0.4) is 0 Å². The zero-order valence-electron chi connectivity index (χ0n) is 11.3. The minimum atomic E-state index is -0.108. The molecule has 1 heterocycles. The molecule has 0 aromatic rings. The second-order valence-electron chi connectivity index (χ2n) is 4.66. The van der Waals surface area contributed by atoms with Gasteiger partial charge in [0, 0.05) is 6.54 Å². The van der Waals surface area contributed by atoms with Crippen molar-refractivity contribution in [2.75, 3.05) is 46.4 Å². The molecule has 1 rings (SSSR count). The van der Waals surface area contributed by atoms with Crippen molar-refractivity contribution < 1.29 is 9.53 Å². The fourth-order valence-corrected chi connectivity index (χ4v) is 2.30. The summed E-state index contributed by atoms with van der Waals surface area (Å²) in [4.78, 5) is 15.9. The van der Waals surface area contributed by atoms with Crippen LogP contribution in [0.1, 0.15) is 32.6 Å². The number of carbonyl (C=O) groups is 1. The van der Waals surface area contributed by atoms with E-state index in [4.69, 9.17) is 0 Å². The van der Waals surface area contributed by atoms with E-state index in [1.807, 2.05) is 0 Å². The first-order valence-electron chi connectivity index (χ1n) is 6.77. The molecule has 0 unspecified atom stereocenters. The summed E-state index contributed by atoms with van der Waals surface area (Å²) in [5, 5.41) is 0. The van der Waals surface area contributed by atoms with Crippen LogP contribution in [0, 0.1) is 0 Å². The van der Waals surface area contributed by atoms with Crippen LogP contribution in [0.4, 0.5) is 0 Å². The first-order chi connectivity index (χ1) is 8.26. The fourth-order valence-electron chi connectivity index (χ4n) is 2.30. The molecular weight excluding hydrogens is 216 g/mol. The zero-order valence-corrected chi connectivity index (χ0v) is 11.3. The molecule has 17 heavy (non-hydrogen) atoms. The van der Waals surface area contributed by atoms with E-state index >= 15 is 0 Å². The van der Waals surface area contributed by atoms with Gasteiger partial charge < -0.3 is 14.5 Å². The summed E-state index contributed by atoms with van der Waals surface area (Å²) in [7, 11) is 1.45. The van der Waals surface area contributed by atoms with Gasteiger partial charge in [-0.15, -0.1) is 0 Å². The van der Waals surface area contributed by atoms with Gasteiger partial charge >= 0.3 is 5.97 Å². The van der Waals surface area contributed by atoms with E-state index in [1.165, 1.54) is 46.0 Å². The van der Waals surface area contributed by atoms with Crippen LogP contribution in [0.5, 0.6) is 0 Å². The monoisotopic (exact) mass is 242 g/mol. The minimum absolute atomic E-state index is 0.108. The van der Waals surface area contributed by atoms with Crippen molar-refractivity contribution in [2.45, 2.75) is 32.6 Å². The van der Waals surface area contributed by atoms with Gasteiger partial charge in [0.1, 0.15) is 0 Å². The topological polar surface area (TPSA) is 32.8 Å². The number of carbonyl (C=O) groups excluding carboxylic acids is 1. The van der Waals surface area contributed by atoms with Crippen LogP contribution in [-0.4, -0.2) is 62.1 Å². The van der Waals surface area contributed by atoms with Crippen LogP contribution in [0.2, 0.25) is 0 Å². The maximum absolute atomic E-state index is 11.1. The summed E-state index contributed by atoms with van der Waals surface area (Å²) < 4.78 is 4.66. The van der Waals surface area contributed by atoms with Crippen molar-refractivity contribution in [1.29, 1.82) is 0 Å². The molecule has 0 radical (unpaired) electrons. The molecule has 1 aliphatic heterocycles. The van der Waals surface area contributed by atoms with Crippen LogP contribution in [0.25, 0.3) is 0 Å². The molecule has 0 amide bonds. The van der Waals surface area contributed by atoms with Gasteiger partial charge in [-0.3, -0.25) is 4.79 Å². The molecule has 1 saturated heterocycles. The van der Waals surface area contributed by atoms with Crippen LogP contribution in [-0.2, 0) is 9.53 Å². The van der Waals surface area contributed by atoms with Gasteiger partial charge in [-0.05, 0) is 52.0 Å². The van der Waals surface area contributed by atoms with Crippen LogP contribution in [0.15, 0.2) is 0 Å². The highest BCUT2D eigenvalue weighted by Gasteiger charge is 2.11. The lowest BCUT2D eigenvalue weighted by atomic mass is 10.3. The number of nitrogens with zero attached hydrogens (tertiary/aromatic N) is 2. The highest BCUT2D eigenvalue weighted by atomic mass is 16.5. The molecule has 0 atom stereocenters. The number of methoxy groups -OCH3 is 1. The Morgan fingerprint density at radius 2 is 2.00 bits per heavy atom. The summed E-state index contributed by atoms with van der Waals surface area (Å²) in [5.74, 6) is -0.108. The molecule has 4 nitrogen and oxygen atoms in total. The molecule has 100 valence electrons. The SMILES string of the molecule is CCN(CCCN1CCCC1)CCC(=O)OC. The number of esters is 1. The standard InChI is InChI=1S/C13H26N2O2/c1-3-14(12-7-13(16)17-2)10-6-11-15-8-4-5-9-15/h3-12H2,1-2H3. The van der Waals surface area contributed by atoms with E-state index in [9.17, 15) is 4.79 Å². The third kappa shape index (κ3) is 6.03. The van der Waals surface area contributed by atoms with Crippen molar-refractivity contribution in [3.05, 3.63) is 0 Å². The molecule has 0 N–H and O–H groups in total. The second-order valence-corrected chi connectivity index (χ2v) is 4.66. The lowest BCUT2D eigenvalue weighted by Gasteiger charge is -2.21. The van der Waals surface area contributed by atoms with Crippen molar-refractivity contribution in [1.82, 2.24) is 9.80 Å². The van der Waals surface area contributed by atoms with Crippen molar-refractivity contribution in [3.8, 4) is 0 Å². The van der Waals surface area contributed by atoms with Gasteiger partial charge in [0.05, 0.1) is 13.5 Å². The Kier molecular flexibility index (Phi) is 7.21. The van der Waals surface area contributed by atoms with Gasteiger partial charge in [-0.1, -0.05) is 6.92 Å². The summed E-state index contributed by atoms with van der Waals surface area (Å²) in [6, 6.07) is 0. The number of rotatable bonds is 8. The molecule has 0 saturated carbocycles. The Morgan fingerprint density at radius 1 is 1.29 bits per heavy atom. The van der Waals surface area contributed by atoms with Gasteiger partial charge in [0.25, 0.3) is 0 Å². The van der Waals surface area contributed by atoms with Crippen molar-refractivity contribution >= 4 is 5.97 Å². The average molecular weight is 242 g/mol. The van der Waals surface area contributed by atoms with E-state index in [0.717, 1.165) is 19.6 Å². The fraction of sp³-hybridized carbons (Fsp3) is 0.923. The normalized spacial score (nSPS) is 16.6. The quantitative estimate of drug-likeness (QED) is 0.602. The summed E-state index contributed by atoms with van der Waals surface area (Å²) in [6.07, 6.45) is 4.43. The largest absolute Gasteiger partial charge is 0.469 e. The Bertz CT molecular complexity index is 215. The van der Waals surface area contributed by atoms with E-state index in [1.54, 1.807) is 0 Å². The average Bonchev–Trinajstić information content (AvgIpc) is 2.86. The lowest BCUT2D eigenvalue weighted by Crippen LogP contribution is -2.30. The molecule has 0 bridgehead atoms. The Hall–Kier alpha value is -0.610. The first-order valence-corrected chi connectivity index (χ1v) is 6.77. The maximum Gasteiger partial charge on any atom is 0.306 e. The molecular formula is C13H26N2O2. The summed E-state index contributed by atoms with van der Waals surface area (Å²) in [6.45, 7) is 8.81. The van der Waals surface area contributed by atoms with E-state index in [2.05, 4.69) is 21.5 Å². The number of hydrogen-bond donors (Lipinski definition) is 0. The molecule has 1 fully saturated rings. The predicted octanol–water partition coefficient (Wildman–Crippen LogP) is 1.36. The van der Waals surface area contributed by atoms with E-state index in [-0.39, 0.29) is 5.97 Å². The van der Waals surface area contributed by atoms with Crippen molar-refractivity contribution in [2.24, 2.45) is 0 Å². The smallest absolute Gasteiger partial charge is 0.306 e. The molecule has 0 aliphatic carbocycles. The highest BCUT2D eigenvalue weighted by Crippen LogP contribution is 2.07. The van der Waals surface area contributed by atoms with Gasteiger partial charge in [-0.2, -0.15) is 0 Å². The van der Waals surface area contributed by atoms with Crippen LogP contribution >= 0.6 is 0 Å². The van der Waals surface area contributed by atoms with Gasteiger partial charge in [0.2, 0.25) is 0 Å².